The molecule has 18 heavy (non-hydrogen) atoms. The fourth-order valence-electron chi connectivity index (χ4n) is 2.52. The van der Waals surface area contributed by atoms with Crippen LogP contribution in [-0.4, -0.2) is 27.1 Å². The Hall–Kier alpha value is -1.36. The largest absolute Gasteiger partial charge is 0.383 e. The van der Waals surface area contributed by atoms with E-state index >= 15 is 0 Å². The molecule has 5 heteroatoms. The number of aromatic nitrogens is 2. The Morgan fingerprint density at radius 2 is 1.78 bits per heavy atom. The molecule has 3 N–H and O–H groups in total. The predicted molar refractivity (Wildman–Crippen MR) is 74.2 cm³/mol. The fraction of sp³-hybridized carbons (Fsp3) is 0.692. The molecule has 1 saturated heterocycles. The Morgan fingerprint density at radius 3 is 2.39 bits per heavy atom. The van der Waals surface area contributed by atoms with Crippen molar-refractivity contribution < 1.29 is 0 Å². The lowest BCUT2D eigenvalue weighted by molar-refractivity contribution is 0.135. The zero-order valence-electron chi connectivity index (χ0n) is 11.7. The zero-order valence-corrected chi connectivity index (χ0v) is 11.7. The van der Waals surface area contributed by atoms with Gasteiger partial charge < -0.3 is 11.2 Å². The second kappa shape index (κ2) is 5.10. The van der Waals surface area contributed by atoms with Crippen molar-refractivity contribution in [3.05, 3.63) is 11.4 Å². The highest BCUT2D eigenvalue weighted by Gasteiger charge is 2.25. The quantitative estimate of drug-likeness (QED) is 0.841. The van der Waals surface area contributed by atoms with Crippen LogP contribution in [0.4, 0.5) is 11.6 Å². The molecule has 2 rings (SSSR count). The maximum Gasteiger partial charge on any atom is 0.149 e. The van der Waals surface area contributed by atoms with Crippen molar-refractivity contribution in [3.63, 3.8) is 0 Å². The molecule has 0 aromatic carbocycles. The molecule has 100 valence electrons. The van der Waals surface area contributed by atoms with Gasteiger partial charge in [-0.25, -0.2) is 15.0 Å². The van der Waals surface area contributed by atoms with Gasteiger partial charge in [0.2, 0.25) is 0 Å². The third-order valence-electron chi connectivity index (χ3n) is 3.72. The van der Waals surface area contributed by atoms with E-state index in [1.54, 1.807) is 0 Å². The van der Waals surface area contributed by atoms with Crippen molar-refractivity contribution in [2.45, 2.75) is 59.0 Å². The standard InChI is InChI=1S/C13H23N5/c1-8-6-5-7-9(2)18(8)17-13-10(3)12(14)15-11(4)16-13/h8-9H,5-7H2,1-4H3,(H3,14,15,16,17). The lowest BCUT2D eigenvalue weighted by Gasteiger charge is -2.39. The predicted octanol–water partition coefficient (Wildman–Crippen LogP) is 2.27. The Labute approximate surface area is 109 Å². The number of aryl methyl sites for hydroxylation is 1. The average Bonchev–Trinajstić information content (AvgIpc) is 2.30. The minimum absolute atomic E-state index is 0.518. The summed E-state index contributed by atoms with van der Waals surface area (Å²) in [5.41, 5.74) is 10.2. The molecule has 2 unspecified atom stereocenters. The van der Waals surface area contributed by atoms with Gasteiger partial charge in [0.15, 0.2) is 0 Å². The van der Waals surface area contributed by atoms with E-state index < -0.39 is 0 Å². The topological polar surface area (TPSA) is 67.1 Å². The van der Waals surface area contributed by atoms with Crippen LogP contribution < -0.4 is 11.2 Å². The number of nitrogens with one attached hydrogen (secondary N) is 1. The maximum atomic E-state index is 5.89. The molecule has 0 aliphatic carbocycles. The summed E-state index contributed by atoms with van der Waals surface area (Å²) in [7, 11) is 0. The van der Waals surface area contributed by atoms with E-state index in [1.165, 1.54) is 19.3 Å². The smallest absolute Gasteiger partial charge is 0.149 e. The van der Waals surface area contributed by atoms with Gasteiger partial charge in [0.25, 0.3) is 0 Å². The van der Waals surface area contributed by atoms with Gasteiger partial charge in [-0.05, 0) is 40.5 Å². The van der Waals surface area contributed by atoms with Crippen molar-refractivity contribution in [3.8, 4) is 0 Å². The molecule has 0 spiro atoms. The minimum atomic E-state index is 0.518. The summed E-state index contributed by atoms with van der Waals surface area (Å²) in [4.78, 5) is 8.63. The van der Waals surface area contributed by atoms with Gasteiger partial charge >= 0.3 is 0 Å². The van der Waals surface area contributed by atoms with Gasteiger partial charge in [-0.2, -0.15) is 0 Å². The van der Waals surface area contributed by atoms with Gasteiger partial charge in [-0.3, -0.25) is 0 Å². The van der Waals surface area contributed by atoms with Crippen LogP contribution in [0.25, 0.3) is 0 Å². The molecule has 1 aromatic heterocycles. The highest BCUT2D eigenvalue weighted by Crippen LogP contribution is 2.25. The highest BCUT2D eigenvalue weighted by molar-refractivity contribution is 5.54. The van der Waals surface area contributed by atoms with Crippen LogP contribution in [-0.2, 0) is 0 Å². The molecule has 5 nitrogen and oxygen atoms in total. The Morgan fingerprint density at radius 1 is 1.17 bits per heavy atom. The Balaban J connectivity index is 2.22. The molecule has 1 aromatic rings. The summed E-state index contributed by atoms with van der Waals surface area (Å²) in [5, 5.41) is 2.29. The second-order valence-corrected chi connectivity index (χ2v) is 5.28. The Kier molecular flexibility index (Phi) is 3.71. The number of hydrogen-bond donors (Lipinski definition) is 2. The number of piperidine rings is 1. The van der Waals surface area contributed by atoms with Crippen molar-refractivity contribution in [1.82, 2.24) is 15.0 Å². The summed E-state index contributed by atoms with van der Waals surface area (Å²) in [5.74, 6) is 2.10. The third kappa shape index (κ3) is 2.56. The van der Waals surface area contributed by atoms with Crippen molar-refractivity contribution >= 4 is 11.6 Å². The molecule has 1 fully saturated rings. The van der Waals surface area contributed by atoms with E-state index in [-0.39, 0.29) is 0 Å². The van der Waals surface area contributed by atoms with Gasteiger partial charge in [-0.15, -0.1) is 0 Å². The molecule has 0 amide bonds. The van der Waals surface area contributed by atoms with Crippen LogP contribution in [0.2, 0.25) is 0 Å². The molecular formula is C13H23N5. The highest BCUT2D eigenvalue weighted by atomic mass is 15.5. The number of nitrogens with two attached hydrogens (primary N) is 1. The summed E-state index contributed by atoms with van der Waals surface area (Å²) >= 11 is 0. The fourth-order valence-corrected chi connectivity index (χ4v) is 2.52. The lowest BCUT2D eigenvalue weighted by Crippen LogP contribution is -2.47. The first-order chi connectivity index (χ1) is 8.49. The number of nitrogen functional groups attached to an aromatic ring is 1. The summed E-state index contributed by atoms with van der Waals surface area (Å²) in [6.07, 6.45) is 3.73. The van der Waals surface area contributed by atoms with Gasteiger partial charge in [0.05, 0.1) is 0 Å². The van der Waals surface area contributed by atoms with Crippen LogP contribution in [0, 0.1) is 13.8 Å². The maximum absolute atomic E-state index is 5.89. The first-order valence-electron chi connectivity index (χ1n) is 6.64. The van der Waals surface area contributed by atoms with E-state index in [4.69, 9.17) is 5.73 Å². The Bertz CT molecular complexity index is 422. The monoisotopic (exact) mass is 249 g/mol. The molecule has 2 atom stereocenters. The van der Waals surface area contributed by atoms with Crippen molar-refractivity contribution in [2.24, 2.45) is 0 Å². The second-order valence-electron chi connectivity index (χ2n) is 5.28. The van der Waals surface area contributed by atoms with Gasteiger partial charge in [0, 0.05) is 17.6 Å². The van der Waals surface area contributed by atoms with Crippen LogP contribution in [0.1, 0.15) is 44.5 Å². The van der Waals surface area contributed by atoms with Crippen LogP contribution >= 0.6 is 0 Å². The number of hydrogen-bond acceptors (Lipinski definition) is 5. The number of rotatable bonds is 2. The zero-order chi connectivity index (χ0) is 13.3. The lowest BCUT2D eigenvalue weighted by atomic mass is 10.00. The summed E-state index contributed by atoms with van der Waals surface area (Å²) < 4.78 is 0. The number of nitrogens with zero attached hydrogens (tertiary/aromatic N) is 3. The third-order valence-corrected chi connectivity index (χ3v) is 3.72. The SMILES string of the molecule is Cc1nc(N)c(C)c(NN2C(C)CCCC2C)n1. The van der Waals surface area contributed by atoms with E-state index in [9.17, 15) is 0 Å². The first kappa shape index (κ1) is 13.1. The van der Waals surface area contributed by atoms with Gasteiger partial charge in [-0.1, -0.05) is 6.42 Å². The number of hydrazine groups is 1. The molecule has 1 aliphatic heterocycles. The molecule has 0 saturated carbocycles. The minimum Gasteiger partial charge on any atom is -0.383 e. The molecule has 1 aliphatic rings. The van der Waals surface area contributed by atoms with Crippen LogP contribution in [0.15, 0.2) is 0 Å². The summed E-state index contributed by atoms with van der Waals surface area (Å²) in [6, 6.07) is 1.04. The molecule has 2 heterocycles. The van der Waals surface area contributed by atoms with E-state index in [0.717, 1.165) is 11.4 Å². The van der Waals surface area contributed by atoms with E-state index in [2.05, 4.69) is 34.3 Å². The first-order valence-corrected chi connectivity index (χ1v) is 6.64. The van der Waals surface area contributed by atoms with Crippen LogP contribution in [0.3, 0.4) is 0 Å². The summed E-state index contributed by atoms with van der Waals surface area (Å²) in [6.45, 7) is 8.31. The van der Waals surface area contributed by atoms with E-state index in [1.807, 2.05) is 13.8 Å². The van der Waals surface area contributed by atoms with E-state index in [0.29, 0.717) is 23.7 Å². The molecule has 0 radical (unpaired) electrons. The average molecular weight is 249 g/mol. The van der Waals surface area contributed by atoms with Crippen molar-refractivity contribution in [1.29, 1.82) is 0 Å². The number of anilines is 2. The van der Waals surface area contributed by atoms with Crippen molar-refractivity contribution in [2.75, 3.05) is 11.2 Å². The van der Waals surface area contributed by atoms with Gasteiger partial charge in [0.1, 0.15) is 17.5 Å². The normalized spacial score (nSPS) is 25.1. The molecular weight excluding hydrogens is 226 g/mol. The molecule has 0 bridgehead atoms. The van der Waals surface area contributed by atoms with Crippen LogP contribution in [0.5, 0.6) is 0 Å².